The molecule has 0 spiro atoms. The predicted octanol–water partition coefficient (Wildman–Crippen LogP) is 2.06. The number of likely N-dealkylation sites (N-methyl/N-ethyl adjacent to an activating group) is 1. The minimum Gasteiger partial charge on any atom is -0.487 e. The summed E-state index contributed by atoms with van der Waals surface area (Å²) in [4.78, 5) is 11.9. The highest BCUT2D eigenvalue weighted by molar-refractivity contribution is 6.07. The van der Waals surface area contributed by atoms with Gasteiger partial charge < -0.3 is 10.1 Å². The van der Waals surface area contributed by atoms with E-state index in [1.165, 1.54) is 0 Å². The molecule has 1 aliphatic heterocycles. The fraction of sp³-hybridized carbons (Fsp3) is 0.308. The van der Waals surface area contributed by atoms with Crippen LogP contribution in [0.1, 0.15) is 22.8 Å². The van der Waals surface area contributed by atoms with Crippen molar-refractivity contribution in [2.24, 2.45) is 0 Å². The first kappa shape index (κ1) is 10.7. The van der Waals surface area contributed by atoms with Crippen molar-refractivity contribution >= 4 is 5.78 Å². The van der Waals surface area contributed by atoms with Gasteiger partial charge in [-0.2, -0.15) is 0 Å². The van der Waals surface area contributed by atoms with Crippen LogP contribution in [-0.4, -0.2) is 18.9 Å². The van der Waals surface area contributed by atoms with E-state index in [2.05, 4.69) is 5.32 Å². The lowest BCUT2D eigenvalue weighted by Crippen LogP contribution is -2.17. The Morgan fingerprint density at radius 1 is 1.44 bits per heavy atom. The van der Waals surface area contributed by atoms with Crippen molar-refractivity contribution in [1.29, 1.82) is 0 Å². The highest BCUT2D eigenvalue weighted by atomic mass is 16.5. The van der Waals surface area contributed by atoms with Crippen LogP contribution < -0.4 is 10.1 Å². The van der Waals surface area contributed by atoms with E-state index in [4.69, 9.17) is 4.74 Å². The van der Waals surface area contributed by atoms with Crippen molar-refractivity contribution in [3.05, 3.63) is 41.1 Å². The monoisotopic (exact) mass is 217 g/mol. The van der Waals surface area contributed by atoms with Crippen molar-refractivity contribution in [3.8, 4) is 5.75 Å². The van der Waals surface area contributed by atoms with E-state index >= 15 is 0 Å². The molecule has 0 unspecified atom stereocenters. The van der Waals surface area contributed by atoms with E-state index in [1.807, 2.05) is 32.0 Å². The zero-order chi connectivity index (χ0) is 11.5. The van der Waals surface area contributed by atoms with Gasteiger partial charge in [-0.1, -0.05) is 11.6 Å². The first-order valence-corrected chi connectivity index (χ1v) is 5.43. The molecular weight excluding hydrogens is 202 g/mol. The third kappa shape index (κ3) is 2.08. The Hall–Kier alpha value is -1.77. The number of aryl methyl sites for hydroxylation is 1. The van der Waals surface area contributed by atoms with Crippen LogP contribution in [0.3, 0.4) is 0 Å². The summed E-state index contributed by atoms with van der Waals surface area (Å²) in [5.41, 5.74) is 2.55. The molecule has 0 fully saturated rings. The molecule has 0 amide bonds. The van der Waals surface area contributed by atoms with E-state index in [0.717, 1.165) is 17.8 Å². The summed E-state index contributed by atoms with van der Waals surface area (Å²) in [5, 5.41) is 3.12. The maximum atomic E-state index is 11.9. The minimum absolute atomic E-state index is 0.00662. The highest BCUT2D eigenvalue weighted by Gasteiger charge is 2.16. The average Bonchev–Trinajstić information content (AvgIpc) is 2.40. The largest absolute Gasteiger partial charge is 0.487 e. The standard InChI is InChI=1S/C13H15NO2/c1-3-14-10-7-12(15)11-6-9(2)4-5-13(11)16-8-10/h4-7,14H,3,8H2,1-2H3. The zero-order valence-corrected chi connectivity index (χ0v) is 9.54. The quantitative estimate of drug-likeness (QED) is 0.824. The molecular formula is C13H15NO2. The fourth-order valence-electron chi connectivity index (χ4n) is 1.72. The van der Waals surface area contributed by atoms with Crippen LogP contribution in [0.5, 0.6) is 5.75 Å². The number of ether oxygens (including phenoxy) is 1. The van der Waals surface area contributed by atoms with Crippen LogP contribution in [-0.2, 0) is 0 Å². The first-order chi connectivity index (χ1) is 7.70. The van der Waals surface area contributed by atoms with Crippen molar-refractivity contribution in [2.75, 3.05) is 13.2 Å². The topological polar surface area (TPSA) is 38.3 Å². The van der Waals surface area contributed by atoms with Crippen LogP contribution in [0, 0.1) is 6.92 Å². The van der Waals surface area contributed by atoms with Crippen LogP contribution in [0.2, 0.25) is 0 Å². The van der Waals surface area contributed by atoms with Gasteiger partial charge in [-0.25, -0.2) is 0 Å². The van der Waals surface area contributed by atoms with Gasteiger partial charge in [0.25, 0.3) is 0 Å². The number of hydrogen-bond donors (Lipinski definition) is 1. The number of fused-ring (bicyclic) bond motifs is 1. The Bertz CT molecular complexity index is 449. The molecule has 0 atom stereocenters. The Kier molecular flexibility index (Phi) is 2.95. The SMILES string of the molecule is CCNC1=CC(=O)c2cc(C)ccc2OC1. The maximum absolute atomic E-state index is 11.9. The number of benzene rings is 1. The number of allylic oxidation sites excluding steroid dienone is 1. The van der Waals surface area contributed by atoms with Gasteiger partial charge >= 0.3 is 0 Å². The summed E-state index contributed by atoms with van der Waals surface area (Å²) < 4.78 is 5.59. The number of rotatable bonds is 2. The van der Waals surface area contributed by atoms with Gasteiger partial charge in [0, 0.05) is 12.6 Å². The van der Waals surface area contributed by atoms with Gasteiger partial charge in [0.05, 0.1) is 11.3 Å². The third-order valence-corrected chi connectivity index (χ3v) is 2.49. The Labute approximate surface area is 95.1 Å². The molecule has 1 aliphatic rings. The molecule has 0 bridgehead atoms. The minimum atomic E-state index is 0.00662. The van der Waals surface area contributed by atoms with Crippen molar-refractivity contribution in [1.82, 2.24) is 5.32 Å². The van der Waals surface area contributed by atoms with Crippen molar-refractivity contribution in [2.45, 2.75) is 13.8 Å². The van der Waals surface area contributed by atoms with Crippen LogP contribution in [0.15, 0.2) is 30.0 Å². The molecule has 1 heterocycles. The summed E-state index contributed by atoms with van der Waals surface area (Å²) in [6, 6.07) is 5.67. The van der Waals surface area contributed by atoms with E-state index in [-0.39, 0.29) is 5.78 Å². The van der Waals surface area contributed by atoms with E-state index in [9.17, 15) is 4.79 Å². The molecule has 3 heteroatoms. The summed E-state index contributed by atoms with van der Waals surface area (Å²) >= 11 is 0. The van der Waals surface area contributed by atoms with Crippen LogP contribution in [0.4, 0.5) is 0 Å². The molecule has 0 aromatic heterocycles. The second-order valence-corrected chi connectivity index (χ2v) is 3.85. The first-order valence-electron chi connectivity index (χ1n) is 5.43. The molecule has 0 radical (unpaired) electrons. The zero-order valence-electron chi connectivity index (χ0n) is 9.54. The maximum Gasteiger partial charge on any atom is 0.191 e. The fourth-order valence-corrected chi connectivity index (χ4v) is 1.72. The van der Waals surface area contributed by atoms with Gasteiger partial charge in [-0.05, 0) is 26.0 Å². The van der Waals surface area contributed by atoms with Crippen molar-refractivity contribution < 1.29 is 9.53 Å². The third-order valence-electron chi connectivity index (χ3n) is 2.49. The van der Waals surface area contributed by atoms with E-state index in [1.54, 1.807) is 6.08 Å². The molecule has 84 valence electrons. The summed E-state index contributed by atoms with van der Waals surface area (Å²) in [6.07, 6.45) is 1.62. The summed E-state index contributed by atoms with van der Waals surface area (Å²) in [6.45, 7) is 5.17. The normalized spacial score (nSPS) is 14.6. The predicted molar refractivity (Wildman–Crippen MR) is 62.8 cm³/mol. The van der Waals surface area contributed by atoms with Crippen molar-refractivity contribution in [3.63, 3.8) is 0 Å². The molecule has 1 N–H and O–H groups in total. The van der Waals surface area contributed by atoms with E-state index in [0.29, 0.717) is 17.9 Å². The lowest BCUT2D eigenvalue weighted by Gasteiger charge is -2.08. The van der Waals surface area contributed by atoms with Gasteiger partial charge in [0.15, 0.2) is 5.78 Å². The number of carbonyl (C=O) groups is 1. The number of hydrogen-bond acceptors (Lipinski definition) is 3. The van der Waals surface area contributed by atoms with Gasteiger partial charge in [-0.15, -0.1) is 0 Å². The highest BCUT2D eigenvalue weighted by Crippen LogP contribution is 2.23. The van der Waals surface area contributed by atoms with Gasteiger partial charge in [-0.3, -0.25) is 4.79 Å². The number of nitrogens with one attached hydrogen (secondary N) is 1. The second kappa shape index (κ2) is 4.39. The smallest absolute Gasteiger partial charge is 0.191 e. The molecule has 1 aromatic carbocycles. The second-order valence-electron chi connectivity index (χ2n) is 3.85. The number of carbonyl (C=O) groups excluding carboxylic acids is 1. The molecule has 1 aromatic rings. The lowest BCUT2D eigenvalue weighted by molar-refractivity contribution is 0.104. The van der Waals surface area contributed by atoms with Crippen LogP contribution in [0.25, 0.3) is 0 Å². The molecule has 0 saturated heterocycles. The molecule has 0 saturated carbocycles. The van der Waals surface area contributed by atoms with Crippen LogP contribution >= 0.6 is 0 Å². The molecule has 3 nitrogen and oxygen atoms in total. The Balaban J connectivity index is 2.36. The molecule has 16 heavy (non-hydrogen) atoms. The van der Waals surface area contributed by atoms with E-state index < -0.39 is 0 Å². The lowest BCUT2D eigenvalue weighted by atomic mass is 10.1. The summed E-state index contributed by atoms with van der Waals surface area (Å²) in [7, 11) is 0. The molecule has 0 aliphatic carbocycles. The number of ketones is 1. The Morgan fingerprint density at radius 2 is 2.25 bits per heavy atom. The Morgan fingerprint density at radius 3 is 3.00 bits per heavy atom. The molecule has 2 rings (SSSR count). The van der Waals surface area contributed by atoms with Gasteiger partial charge in [0.2, 0.25) is 0 Å². The van der Waals surface area contributed by atoms with Gasteiger partial charge in [0.1, 0.15) is 12.4 Å². The summed E-state index contributed by atoms with van der Waals surface area (Å²) in [5.74, 6) is 0.673. The average molecular weight is 217 g/mol.